The first-order valence-corrected chi connectivity index (χ1v) is 7.11. The normalized spacial score (nSPS) is 23.1. The number of nitrogens with one attached hydrogen (secondary N) is 1. The number of quaternary nitrogens is 1. The molecule has 0 radical (unpaired) electrons. The first kappa shape index (κ1) is 13.3. The Morgan fingerprint density at radius 1 is 1.21 bits per heavy atom. The van der Waals surface area contributed by atoms with E-state index in [0.717, 1.165) is 25.9 Å². The number of hydrogen-bond acceptors (Lipinski definition) is 2. The summed E-state index contributed by atoms with van der Waals surface area (Å²) >= 11 is 6.07. The van der Waals surface area contributed by atoms with Crippen molar-refractivity contribution in [2.24, 2.45) is 0 Å². The molecular formula is C14H18ClFNO2+. The van der Waals surface area contributed by atoms with Crippen molar-refractivity contribution in [3.63, 3.8) is 0 Å². The van der Waals surface area contributed by atoms with E-state index in [1.807, 2.05) is 0 Å². The van der Waals surface area contributed by atoms with Crippen molar-refractivity contribution in [3.05, 3.63) is 34.6 Å². The number of benzene rings is 1. The van der Waals surface area contributed by atoms with E-state index in [2.05, 4.69) is 0 Å². The highest BCUT2D eigenvalue weighted by atomic mass is 35.5. The molecule has 2 heterocycles. The first-order valence-electron chi connectivity index (χ1n) is 6.73. The van der Waals surface area contributed by atoms with Gasteiger partial charge in [0, 0.05) is 0 Å². The molecule has 0 unspecified atom stereocenters. The minimum atomic E-state index is -0.359. The van der Waals surface area contributed by atoms with Gasteiger partial charge in [0.25, 0.3) is 0 Å². The van der Waals surface area contributed by atoms with Crippen LogP contribution in [-0.4, -0.2) is 32.1 Å². The van der Waals surface area contributed by atoms with Gasteiger partial charge in [0.15, 0.2) is 5.79 Å². The van der Waals surface area contributed by atoms with Gasteiger partial charge in [-0.2, -0.15) is 0 Å². The lowest BCUT2D eigenvalue weighted by Crippen LogP contribution is -3.12. The second-order valence-corrected chi connectivity index (χ2v) is 5.64. The predicted molar refractivity (Wildman–Crippen MR) is 69.7 cm³/mol. The van der Waals surface area contributed by atoms with Gasteiger partial charge in [-0.25, -0.2) is 4.39 Å². The minimum absolute atomic E-state index is 0.214. The van der Waals surface area contributed by atoms with Gasteiger partial charge in [-0.1, -0.05) is 17.7 Å². The molecule has 0 amide bonds. The average molecular weight is 287 g/mol. The Morgan fingerprint density at radius 3 is 2.53 bits per heavy atom. The molecule has 1 aromatic carbocycles. The molecule has 1 N–H and O–H groups in total. The summed E-state index contributed by atoms with van der Waals surface area (Å²) in [7, 11) is 0. The van der Waals surface area contributed by atoms with Crippen LogP contribution in [0.4, 0.5) is 4.39 Å². The van der Waals surface area contributed by atoms with Crippen molar-refractivity contribution in [1.82, 2.24) is 0 Å². The van der Waals surface area contributed by atoms with E-state index >= 15 is 0 Å². The molecule has 1 aromatic rings. The molecule has 3 rings (SSSR count). The average Bonchev–Trinajstić information content (AvgIpc) is 2.85. The molecule has 2 aliphatic heterocycles. The van der Waals surface area contributed by atoms with Crippen LogP contribution in [0.15, 0.2) is 18.2 Å². The van der Waals surface area contributed by atoms with Gasteiger partial charge in [0.2, 0.25) is 0 Å². The first-order chi connectivity index (χ1) is 9.19. The number of ether oxygens (including phenoxy) is 2. The smallest absolute Gasteiger partial charge is 0.179 e. The number of likely N-dealkylation sites (tertiary alicyclic amines) is 1. The maximum absolute atomic E-state index is 13.8. The number of hydrogen-bond donors (Lipinski definition) is 1. The Hall–Kier alpha value is -0.680. The van der Waals surface area contributed by atoms with Crippen LogP contribution in [0.1, 0.15) is 18.4 Å². The Kier molecular flexibility index (Phi) is 3.76. The van der Waals surface area contributed by atoms with Crippen LogP contribution in [0.3, 0.4) is 0 Å². The summed E-state index contributed by atoms with van der Waals surface area (Å²) in [4.78, 5) is 1.33. The van der Waals surface area contributed by atoms with Crippen LogP contribution in [0.2, 0.25) is 5.02 Å². The van der Waals surface area contributed by atoms with Crippen LogP contribution in [-0.2, 0) is 16.0 Å². The Labute approximate surface area is 117 Å². The molecule has 104 valence electrons. The lowest BCUT2D eigenvalue weighted by atomic mass is 10.0. The molecule has 0 bridgehead atoms. The maximum Gasteiger partial charge on any atom is 0.179 e. The lowest BCUT2D eigenvalue weighted by molar-refractivity contribution is -0.922. The fourth-order valence-corrected chi connectivity index (χ4v) is 3.13. The fourth-order valence-electron chi connectivity index (χ4n) is 2.90. The van der Waals surface area contributed by atoms with Crippen molar-refractivity contribution in [1.29, 1.82) is 0 Å². The quantitative estimate of drug-likeness (QED) is 0.888. The molecule has 19 heavy (non-hydrogen) atoms. The fraction of sp³-hybridized carbons (Fsp3) is 0.571. The summed E-state index contributed by atoms with van der Waals surface area (Å²) in [5.41, 5.74) is 0.614. The zero-order chi connectivity index (χ0) is 13.3. The summed E-state index contributed by atoms with van der Waals surface area (Å²) in [6.07, 6.45) is 1.74. The van der Waals surface area contributed by atoms with Gasteiger partial charge in [0.05, 0.1) is 49.7 Å². The van der Waals surface area contributed by atoms with E-state index in [1.54, 1.807) is 12.1 Å². The summed E-state index contributed by atoms with van der Waals surface area (Å²) in [5, 5.41) is 0.515. The molecular weight excluding hydrogens is 269 g/mol. The SMILES string of the molecule is Fc1cccc(Cl)c1C[NH+]1CCC2(CC1)OCCO2. The molecule has 2 fully saturated rings. The number of halogens is 2. The van der Waals surface area contributed by atoms with Crippen molar-refractivity contribution in [2.45, 2.75) is 25.2 Å². The highest BCUT2D eigenvalue weighted by Crippen LogP contribution is 2.27. The van der Waals surface area contributed by atoms with Crippen LogP contribution in [0.25, 0.3) is 0 Å². The summed E-state index contributed by atoms with van der Waals surface area (Å²) in [6.45, 7) is 3.85. The lowest BCUT2D eigenvalue weighted by Gasteiger charge is -2.35. The second-order valence-electron chi connectivity index (χ2n) is 5.23. The number of rotatable bonds is 2. The van der Waals surface area contributed by atoms with Gasteiger partial charge in [-0.15, -0.1) is 0 Å². The van der Waals surface area contributed by atoms with Crippen LogP contribution < -0.4 is 4.90 Å². The third kappa shape index (κ3) is 2.77. The Bertz CT molecular complexity index is 433. The van der Waals surface area contributed by atoms with Crippen molar-refractivity contribution in [3.8, 4) is 0 Å². The van der Waals surface area contributed by atoms with E-state index in [9.17, 15) is 4.39 Å². The van der Waals surface area contributed by atoms with Gasteiger partial charge in [-0.05, 0) is 12.1 Å². The largest absolute Gasteiger partial charge is 0.347 e. The highest BCUT2D eigenvalue weighted by molar-refractivity contribution is 6.31. The van der Waals surface area contributed by atoms with Gasteiger partial charge >= 0.3 is 0 Å². The van der Waals surface area contributed by atoms with Crippen molar-refractivity contribution < 1.29 is 18.8 Å². The molecule has 0 aromatic heterocycles. The topological polar surface area (TPSA) is 22.9 Å². The van der Waals surface area contributed by atoms with Gasteiger partial charge in [0.1, 0.15) is 12.4 Å². The van der Waals surface area contributed by atoms with Crippen LogP contribution >= 0.6 is 11.6 Å². The Morgan fingerprint density at radius 2 is 1.89 bits per heavy atom. The van der Waals surface area contributed by atoms with E-state index in [-0.39, 0.29) is 11.6 Å². The third-order valence-electron chi connectivity index (χ3n) is 4.02. The van der Waals surface area contributed by atoms with Crippen molar-refractivity contribution >= 4 is 11.6 Å². The Balaban J connectivity index is 1.63. The summed E-state index contributed by atoms with van der Waals surface area (Å²) in [6, 6.07) is 4.85. The standard InChI is InChI=1S/C14H17ClFNO2/c15-12-2-1-3-13(16)11(12)10-17-6-4-14(5-7-17)18-8-9-19-14/h1-3H,4-10H2/p+1. The molecule has 5 heteroatoms. The molecule has 1 spiro atoms. The van der Waals surface area contributed by atoms with Crippen LogP contribution in [0.5, 0.6) is 0 Å². The molecule has 0 saturated carbocycles. The zero-order valence-electron chi connectivity index (χ0n) is 10.8. The number of piperidine rings is 1. The van der Waals surface area contributed by atoms with Gasteiger partial charge in [-0.3, -0.25) is 0 Å². The highest BCUT2D eigenvalue weighted by Gasteiger charge is 2.41. The molecule has 3 nitrogen and oxygen atoms in total. The summed E-state index contributed by atoms with van der Waals surface area (Å²) < 4.78 is 25.1. The molecule has 0 aliphatic carbocycles. The minimum Gasteiger partial charge on any atom is -0.347 e. The second kappa shape index (κ2) is 5.37. The maximum atomic E-state index is 13.8. The molecule has 0 atom stereocenters. The molecule has 2 aliphatic rings. The van der Waals surface area contributed by atoms with Crippen molar-refractivity contribution in [2.75, 3.05) is 26.3 Å². The van der Waals surface area contributed by atoms with Crippen LogP contribution in [0, 0.1) is 5.82 Å². The van der Waals surface area contributed by atoms with E-state index in [4.69, 9.17) is 21.1 Å². The van der Waals surface area contributed by atoms with E-state index < -0.39 is 0 Å². The van der Waals surface area contributed by atoms with E-state index in [0.29, 0.717) is 30.3 Å². The third-order valence-corrected chi connectivity index (χ3v) is 4.38. The van der Waals surface area contributed by atoms with E-state index in [1.165, 1.54) is 11.0 Å². The molecule has 2 saturated heterocycles. The summed E-state index contributed by atoms with van der Waals surface area (Å²) in [5.74, 6) is -0.573. The van der Waals surface area contributed by atoms with Gasteiger partial charge < -0.3 is 14.4 Å². The zero-order valence-corrected chi connectivity index (χ0v) is 11.5. The monoisotopic (exact) mass is 286 g/mol. The predicted octanol–water partition coefficient (Wildman–Crippen LogP) is 1.40.